The predicted octanol–water partition coefficient (Wildman–Crippen LogP) is 1.31. The van der Waals surface area contributed by atoms with Crippen molar-refractivity contribution in [3.8, 4) is 5.75 Å². The van der Waals surface area contributed by atoms with Crippen LogP contribution in [-0.4, -0.2) is 40.6 Å². The number of rotatable bonds is 6. The number of benzene rings is 1. The van der Waals surface area contributed by atoms with E-state index in [1.165, 1.54) is 12.1 Å². The first-order valence-electron chi connectivity index (χ1n) is 5.20. The van der Waals surface area contributed by atoms with Crippen molar-refractivity contribution in [3.05, 3.63) is 29.8 Å². The molecule has 1 aromatic carbocycles. The number of hydrogen-bond acceptors (Lipinski definition) is 4. The summed E-state index contributed by atoms with van der Waals surface area (Å²) in [5, 5.41) is 27.3. The van der Waals surface area contributed by atoms with Crippen LogP contribution in [0.5, 0.6) is 5.75 Å². The first kappa shape index (κ1) is 15.7. The number of aliphatic hydroxyl groups is 3. The van der Waals surface area contributed by atoms with Crippen molar-refractivity contribution < 1.29 is 37.6 Å². The second-order valence-corrected chi connectivity index (χ2v) is 3.73. The summed E-state index contributed by atoms with van der Waals surface area (Å²) in [6, 6.07) is 4.31. The Bertz CT molecular complexity index is 413. The molecule has 1 aromatic rings. The van der Waals surface area contributed by atoms with E-state index in [2.05, 4.69) is 4.74 Å². The molecule has 0 aliphatic rings. The number of hydrogen-bond donors (Lipinski definition) is 3. The minimum Gasteiger partial charge on any atom is -0.428 e. The molecular weight excluding hydrogens is 272 g/mol. The fourth-order valence-corrected chi connectivity index (χ4v) is 1.29. The Balaban J connectivity index is 2.89. The van der Waals surface area contributed by atoms with Crippen LogP contribution in [0.3, 0.4) is 0 Å². The van der Waals surface area contributed by atoms with Gasteiger partial charge in [-0.2, -0.15) is 17.6 Å². The fourth-order valence-electron chi connectivity index (χ4n) is 1.29. The number of aliphatic hydroxyl groups excluding tert-OH is 3. The molecule has 1 rings (SSSR count). The minimum atomic E-state index is -4.65. The Morgan fingerprint density at radius 3 is 2.37 bits per heavy atom. The third kappa shape index (κ3) is 4.05. The summed E-state index contributed by atoms with van der Waals surface area (Å²) in [6.07, 6.45) is -11.7. The minimum absolute atomic E-state index is 0.0517. The van der Waals surface area contributed by atoms with Crippen LogP contribution < -0.4 is 4.74 Å². The van der Waals surface area contributed by atoms with Crippen LogP contribution in [0.2, 0.25) is 0 Å². The average molecular weight is 284 g/mol. The van der Waals surface area contributed by atoms with Gasteiger partial charge in [-0.05, 0) is 17.7 Å². The summed E-state index contributed by atoms with van der Waals surface area (Å²) in [5.41, 5.74) is -0.0517. The van der Waals surface area contributed by atoms with Gasteiger partial charge in [0.25, 0.3) is 0 Å². The van der Waals surface area contributed by atoms with Crippen LogP contribution in [0.25, 0.3) is 0 Å². The third-order valence-electron chi connectivity index (χ3n) is 2.26. The summed E-state index contributed by atoms with van der Waals surface area (Å²) >= 11 is 0. The molecule has 0 bridgehead atoms. The van der Waals surface area contributed by atoms with Crippen molar-refractivity contribution >= 4 is 0 Å². The normalized spacial score (nSPS) is 15.4. The predicted molar refractivity (Wildman–Crippen MR) is 56.1 cm³/mol. The standard InChI is InChI=1S/C11H12F4O4/c12-10(13)11(14,15)19-7-3-1-2-6(4-7)9(18)8(17)5-16/h1-4,8-10,16-18H,5H2. The largest absolute Gasteiger partial charge is 0.461 e. The zero-order valence-electron chi connectivity index (χ0n) is 9.51. The molecule has 0 amide bonds. The number of ether oxygens (including phenoxy) is 1. The molecule has 0 aliphatic carbocycles. The molecule has 0 heterocycles. The highest BCUT2D eigenvalue weighted by atomic mass is 19.3. The van der Waals surface area contributed by atoms with Crippen molar-refractivity contribution in [2.45, 2.75) is 24.7 Å². The zero-order valence-corrected chi connectivity index (χ0v) is 9.51. The lowest BCUT2D eigenvalue weighted by atomic mass is 10.0. The van der Waals surface area contributed by atoms with Gasteiger partial charge >= 0.3 is 12.5 Å². The van der Waals surface area contributed by atoms with Gasteiger partial charge in [0.2, 0.25) is 0 Å². The Labute approximate surface area is 105 Å². The van der Waals surface area contributed by atoms with Crippen molar-refractivity contribution in [2.24, 2.45) is 0 Å². The summed E-state index contributed by atoms with van der Waals surface area (Å²) in [5.74, 6) is -0.591. The molecule has 4 nitrogen and oxygen atoms in total. The van der Waals surface area contributed by atoms with Crippen molar-refractivity contribution in [1.29, 1.82) is 0 Å². The summed E-state index contributed by atoms with van der Waals surface area (Å²) in [7, 11) is 0. The molecule has 2 unspecified atom stereocenters. The molecule has 2 atom stereocenters. The molecule has 0 aliphatic heterocycles. The van der Waals surface area contributed by atoms with E-state index >= 15 is 0 Å². The van der Waals surface area contributed by atoms with E-state index in [4.69, 9.17) is 5.11 Å². The Morgan fingerprint density at radius 1 is 1.21 bits per heavy atom. The van der Waals surface area contributed by atoms with Crippen LogP contribution in [0, 0.1) is 0 Å². The third-order valence-corrected chi connectivity index (χ3v) is 2.26. The van der Waals surface area contributed by atoms with Gasteiger partial charge in [-0.3, -0.25) is 0 Å². The number of halogens is 4. The lowest BCUT2D eigenvalue weighted by molar-refractivity contribution is -0.253. The fraction of sp³-hybridized carbons (Fsp3) is 0.455. The van der Waals surface area contributed by atoms with E-state index in [0.29, 0.717) is 0 Å². The molecular formula is C11H12F4O4. The first-order chi connectivity index (χ1) is 8.77. The van der Waals surface area contributed by atoms with Gasteiger partial charge < -0.3 is 20.1 Å². The van der Waals surface area contributed by atoms with E-state index in [0.717, 1.165) is 12.1 Å². The van der Waals surface area contributed by atoms with E-state index < -0.39 is 37.1 Å². The second-order valence-electron chi connectivity index (χ2n) is 3.73. The highest BCUT2D eigenvalue weighted by Gasteiger charge is 2.44. The zero-order chi connectivity index (χ0) is 14.6. The molecule has 0 fully saturated rings. The quantitative estimate of drug-likeness (QED) is 0.689. The van der Waals surface area contributed by atoms with Gasteiger partial charge in [-0.15, -0.1) is 0 Å². The lowest BCUT2D eigenvalue weighted by Crippen LogP contribution is -2.33. The Kier molecular flexibility index (Phi) is 5.10. The van der Waals surface area contributed by atoms with Crippen molar-refractivity contribution in [2.75, 3.05) is 6.61 Å². The maximum atomic E-state index is 12.7. The second kappa shape index (κ2) is 6.18. The van der Waals surface area contributed by atoms with Gasteiger partial charge in [-0.25, -0.2) is 0 Å². The van der Waals surface area contributed by atoms with Crippen LogP contribution in [-0.2, 0) is 0 Å². The topological polar surface area (TPSA) is 69.9 Å². The molecule has 108 valence electrons. The molecule has 0 saturated heterocycles. The van der Waals surface area contributed by atoms with Gasteiger partial charge in [0.1, 0.15) is 18.0 Å². The Hall–Kier alpha value is -1.38. The lowest BCUT2D eigenvalue weighted by Gasteiger charge is -2.19. The maximum absolute atomic E-state index is 12.7. The van der Waals surface area contributed by atoms with E-state index in [-0.39, 0.29) is 5.56 Å². The molecule has 0 aromatic heterocycles. The highest BCUT2D eigenvalue weighted by molar-refractivity contribution is 5.30. The van der Waals surface area contributed by atoms with Gasteiger partial charge in [0.15, 0.2) is 0 Å². The first-order valence-corrected chi connectivity index (χ1v) is 5.20. The van der Waals surface area contributed by atoms with Crippen LogP contribution in [0.1, 0.15) is 11.7 Å². The van der Waals surface area contributed by atoms with Crippen molar-refractivity contribution in [1.82, 2.24) is 0 Å². The summed E-state index contributed by atoms with van der Waals surface area (Å²) in [4.78, 5) is 0. The molecule has 0 saturated carbocycles. The summed E-state index contributed by atoms with van der Waals surface area (Å²) in [6.45, 7) is -0.751. The van der Waals surface area contributed by atoms with Gasteiger partial charge in [-0.1, -0.05) is 12.1 Å². The Morgan fingerprint density at radius 2 is 1.84 bits per heavy atom. The van der Waals surface area contributed by atoms with E-state index in [1.807, 2.05) is 0 Å². The van der Waals surface area contributed by atoms with E-state index in [1.54, 1.807) is 0 Å². The highest BCUT2D eigenvalue weighted by Crippen LogP contribution is 2.29. The molecule has 3 N–H and O–H groups in total. The molecule has 8 heteroatoms. The van der Waals surface area contributed by atoms with Crippen LogP contribution >= 0.6 is 0 Å². The smallest absolute Gasteiger partial charge is 0.428 e. The monoisotopic (exact) mass is 284 g/mol. The molecule has 19 heavy (non-hydrogen) atoms. The van der Waals surface area contributed by atoms with Gasteiger partial charge in [0.05, 0.1) is 6.61 Å². The average Bonchev–Trinajstić information content (AvgIpc) is 2.36. The maximum Gasteiger partial charge on any atom is 0.461 e. The summed E-state index contributed by atoms with van der Waals surface area (Å²) < 4.78 is 53.0. The molecule has 0 radical (unpaired) electrons. The van der Waals surface area contributed by atoms with E-state index in [9.17, 15) is 27.8 Å². The van der Waals surface area contributed by atoms with Crippen LogP contribution in [0.15, 0.2) is 24.3 Å². The SMILES string of the molecule is OCC(O)C(O)c1cccc(OC(F)(F)C(F)F)c1. The van der Waals surface area contributed by atoms with Gasteiger partial charge in [0, 0.05) is 0 Å². The number of alkyl halides is 4. The van der Waals surface area contributed by atoms with Crippen molar-refractivity contribution in [3.63, 3.8) is 0 Å². The van der Waals surface area contributed by atoms with Crippen LogP contribution in [0.4, 0.5) is 17.6 Å². The molecule has 0 spiro atoms.